The number of phenols is 2. The van der Waals surface area contributed by atoms with Gasteiger partial charge >= 0.3 is 11.9 Å². The minimum Gasteiger partial charge on any atom is -0.504 e. The van der Waals surface area contributed by atoms with Crippen LogP contribution in [0, 0.1) is 5.92 Å². The van der Waals surface area contributed by atoms with Gasteiger partial charge in [-0.25, -0.2) is 0 Å². The summed E-state index contributed by atoms with van der Waals surface area (Å²) < 4.78 is 21.8. The number of fused-ring (bicyclic) bond motifs is 1. The van der Waals surface area contributed by atoms with Gasteiger partial charge in [-0.3, -0.25) is 9.59 Å². The highest BCUT2D eigenvalue weighted by Gasteiger charge is 2.32. The predicted molar refractivity (Wildman–Crippen MR) is 129 cm³/mol. The number of ether oxygens (including phenoxy) is 4. The topological polar surface area (TPSA) is 112 Å². The van der Waals surface area contributed by atoms with Crippen molar-refractivity contribution >= 4 is 11.9 Å². The fourth-order valence-electron chi connectivity index (χ4n) is 4.76. The molecule has 0 aliphatic heterocycles. The van der Waals surface area contributed by atoms with E-state index in [1.54, 1.807) is 24.3 Å². The highest BCUT2D eigenvalue weighted by molar-refractivity contribution is 5.66. The number of benzene rings is 2. The Bertz CT molecular complexity index is 1050. The normalized spacial score (nSPS) is 16.5. The molecule has 0 aromatic heterocycles. The smallest absolute Gasteiger partial charge is 0.302 e. The number of aryl methyl sites for hydroxylation is 2. The van der Waals surface area contributed by atoms with Crippen LogP contribution in [0.2, 0.25) is 0 Å². The van der Waals surface area contributed by atoms with E-state index in [0.717, 1.165) is 29.5 Å². The van der Waals surface area contributed by atoms with Crippen molar-refractivity contribution in [2.24, 2.45) is 5.92 Å². The van der Waals surface area contributed by atoms with Gasteiger partial charge in [-0.1, -0.05) is 6.07 Å². The Morgan fingerprint density at radius 1 is 0.943 bits per heavy atom. The number of esters is 2. The maximum absolute atomic E-state index is 12.0. The molecule has 0 bridgehead atoms. The van der Waals surface area contributed by atoms with E-state index in [1.165, 1.54) is 28.1 Å². The second-order valence-corrected chi connectivity index (χ2v) is 8.96. The van der Waals surface area contributed by atoms with E-state index in [-0.39, 0.29) is 23.4 Å². The summed E-state index contributed by atoms with van der Waals surface area (Å²) in [5.41, 5.74) is 3.03. The zero-order valence-electron chi connectivity index (χ0n) is 20.7. The number of aromatic hydroxyl groups is 2. The fourth-order valence-corrected chi connectivity index (χ4v) is 4.76. The van der Waals surface area contributed by atoms with Crippen LogP contribution in [-0.4, -0.2) is 48.6 Å². The van der Waals surface area contributed by atoms with Crippen LogP contribution in [0.4, 0.5) is 0 Å². The summed E-state index contributed by atoms with van der Waals surface area (Å²) in [6, 6.07) is 8.70. The van der Waals surface area contributed by atoms with E-state index in [1.807, 2.05) is 6.07 Å². The Balaban J connectivity index is 1.76. The van der Waals surface area contributed by atoms with Crippen LogP contribution in [0.15, 0.2) is 30.3 Å². The highest BCUT2D eigenvalue weighted by atomic mass is 16.6. The second-order valence-electron chi connectivity index (χ2n) is 8.96. The van der Waals surface area contributed by atoms with Gasteiger partial charge in [-0.05, 0) is 73.1 Å². The largest absolute Gasteiger partial charge is 0.504 e. The van der Waals surface area contributed by atoms with Gasteiger partial charge in [0, 0.05) is 26.2 Å². The van der Waals surface area contributed by atoms with E-state index >= 15 is 0 Å². The van der Waals surface area contributed by atoms with E-state index in [4.69, 9.17) is 18.9 Å². The van der Waals surface area contributed by atoms with Crippen molar-refractivity contribution in [3.8, 4) is 23.0 Å². The molecule has 2 aromatic rings. The Kier molecular flexibility index (Phi) is 8.84. The van der Waals surface area contributed by atoms with Crippen LogP contribution in [-0.2, 0) is 38.3 Å². The van der Waals surface area contributed by atoms with Crippen molar-refractivity contribution in [3.63, 3.8) is 0 Å². The molecule has 0 unspecified atom stereocenters. The van der Waals surface area contributed by atoms with Crippen LogP contribution in [0.3, 0.4) is 0 Å². The van der Waals surface area contributed by atoms with Gasteiger partial charge < -0.3 is 29.2 Å². The predicted octanol–water partition coefficient (Wildman–Crippen LogP) is 4.11. The molecule has 2 aromatic carbocycles. The number of carbonyl (C=O) groups is 2. The van der Waals surface area contributed by atoms with Crippen LogP contribution >= 0.6 is 0 Å². The summed E-state index contributed by atoms with van der Waals surface area (Å²) in [5.74, 6) is 0.227. The lowest BCUT2D eigenvalue weighted by atomic mass is 9.79. The van der Waals surface area contributed by atoms with Gasteiger partial charge in [0.05, 0.1) is 14.2 Å². The Labute approximate surface area is 205 Å². The van der Waals surface area contributed by atoms with Crippen LogP contribution < -0.4 is 9.47 Å². The number of methoxy groups -OCH3 is 2. The second kappa shape index (κ2) is 11.8. The molecule has 0 spiro atoms. The van der Waals surface area contributed by atoms with E-state index in [0.29, 0.717) is 37.2 Å². The first-order valence-electron chi connectivity index (χ1n) is 11.8. The van der Waals surface area contributed by atoms with Gasteiger partial charge in [0.15, 0.2) is 23.0 Å². The van der Waals surface area contributed by atoms with Crippen molar-refractivity contribution in [2.75, 3.05) is 14.2 Å². The Hall–Kier alpha value is -3.42. The summed E-state index contributed by atoms with van der Waals surface area (Å²) in [5, 5.41) is 19.9. The molecule has 8 heteroatoms. The molecule has 0 heterocycles. The molecule has 0 saturated heterocycles. The zero-order chi connectivity index (χ0) is 25.5. The average Bonchev–Trinajstić information content (AvgIpc) is 2.81. The monoisotopic (exact) mass is 486 g/mol. The van der Waals surface area contributed by atoms with Gasteiger partial charge in [-0.15, -0.1) is 0 Å². The zero-order valence-corrected chi connectivity index (χ0v) is 20.7. The molecule has 0 fully saturated rings. The number of hydrogen-bond acceptors (Lipinski definition) is 8. The maximum atomic E-state index is 12.0. The first-order valence-corrected chi connectivity index (χ1v) is 11.8. The molecule has 2 N–H and O–H groups in total. The lowest BCUT2D eigenvalue weighted by Gasteiger charge is -2.33. The first-order chi connectivity index (χ1) is 16.7. The van der Waals surface area contributed by atoms with Crippen LogP contribution in [0.1, 0.15) is 49.8 Å². The standard InChI is InChI=1S/C27H34O8/c1-16(28)34-22(9-5-18-6-10-23(30)26(11-18)32-3)15-25(35-17(2)29)20-8-7-19-13-24(31)27(33-4)14-21(19)12-20/h6,10-11,13-14,20,22,25,30-31H,5,7-9,12,15H2,1-4H3/t20-,22-,25+/m0/s1. The molecule has 35 heavy (non-hydrogen) atoms. The molecular formula is C27H34O8. The van der Waals surface area contributed by atoms with Crippen molar-refractivity contribution in [2.45, 2.75) is 64.6 Å². The Morgan fingerprint density at radius 3 is 2.29 bits per heavy atom. The number of hydrogen-bond donors (Lipinski definition) is 2. The van der Waals surface area contributed by atoms with Gasteiger partial charge in [0.2, 0.25) is 0 Å². The molecule has 1 aliphatic rings. The SMILES string of the molecule is COc1cc(CC[C@@H](C[C@@H](OC(C)=O)[C@H]2CCc3cc(O)c(OC)cc3C2)OC(C)=O)ccc1O. The van der Waals surface area contributed by atoms with Crippen molar-refractivity contribution in [1.29, 1.82) is 0 Å². The van der Waals surface area contributed by atoms with Gasteiger partial charge in [0.25, 0.3) is 0 Å². The summed E-state index contributed by atoms with van der Waals surface area (Å²) in [7, 11) is 3.00. The van der Waals surface area contributed by atoms with Gasteiger partial charge in [0.1, 0.15) is 12.2 Å². The molecule has 3 rings (SSSR count). The fraction of sp³-hybridized carbons (Fsp3) is 0.481. The molecule has 3 atom stereocenters. The summed E-state index contributed by atoms with van der Waals surface area (Å²) in [6.45, 7) is 2.75. The molecule has 8 nitrogen and oxygen atoms in total. The molecular weight excluding hydrogens is 452 g/mol. The third kappa shape index (κ3) is 7.04. The average molecular weight is 487 g/mol. The third-order valence-electron chi connectivity index (χ3n) is 6.44. The van der Waals surface area contributed by atoms with Crippen molar-refractivity contribution in [1.82, 2.24) is 0 Å². The van der Waals surface area contributed by atoms with Crippen molar-refractivity contribution < 1.29 is 38.7 Å². The Morgan fingerprint density at radius 2 is 1.63 bits per heavy atom. The lowest BCUT2D eigenvalue weighted by molar-refractivity contribution is -0.155. The van der Waals surface area contributed by atoms with E-state index in [2.05, 4.69) is 0 Å². The lowest BCUT2D eigenvalue weighted by Crippen LogP contribution is -2.35. The highest BCUT2D eigenvalue weighted by Crippen LogP contribution is 2.37. The van der Waals surface area contributed by atoms with E-state index in [9.17, 15) is 19.8 Å². The maximum Gasteiger partial charge on any atom is 0.302 e. The minimum atomic E-state index is -0.451. The molecule has 0 amide bonds. The third-order valence-corrected chi connectivity index (χ3v) is 6.44. The molecule has 1 aliphatic carbocycles. The van der Waals surface area contributed by atoms with Gasteiger partial charge in [-0.2, -0.15) is 0 Å². The first kappa shape index (κ1) is 26.2. The minimum absolute atomic E-state index is 0.0347. The number of carbonyl (C=O) groups excluding carboxylic acids is 2. The van der Waals surface area contributed by atoms with Crippen molar-refractivity contribution in [3.05, 3.63) is 47.0 Å². The van der Waals surface area contributed by atoms with Crippen LogP contribution in [0.25, 0.3) is 0 Å². The number of phenolic OH excluding ortho intramolecular Hbond substituents is 2. The quantitative estimate of drug-likeness (QED) is 0.483. The summed E-state index contributed by atoms with van der Waals surface area (Å²) in [4.78, 5) is 23.8. The van der Waals surface area contributed by atoms with E-state index < -0.39 is 18.2 Å². The molecule has 190 valence electrons. The number of rotatable bonds is 10. The molecule has 0 saturated carbocycles. The summed E-state index contributed by atoms with van der Waals surface area (Å²) in [6.07, 6.45) is 2.78. The summed E-state index contributed by atoms with van der Waals surface area (Å²) >= 11 is 0. The van der Waals surface area contributed by atoms with Crippen LogP contribution in [0.5, 0.6) is 23.0 Å². The molecule has 0 radical (unpaired) electrons.